The number of amides is 2. The van der Waals surface area contributed by atoms with Gasteiger partial charge in [-0.3, -0.25) is 14.4 Å². The van der Waals surface area contributed by atoms with Gasteiger partial charge in [0, 0.05) is 17.0 Å². The molecule has 0 aliphatic rings. The first-order valence-electron chi connectivity index (χ1n) is 9.26. The molecular weight excluding hydrogens is 392 g/mol. The van der Waals surface area contributed by atoms with E-state index in [9.17, 15) is 19.2 Å². The number of carbonyl (C=O) groups excluding carboxylic acids is 3. The number of ether oxygens (including phenoxy) is 1. The van der Waals surface area contributed by atoms with E-state index in [-0.39, 0.29) is 25.5 Å². The topological polar surface area (TPSA) is 128 Å². The van der Waals surface area contributed by atoms with Crippen LogP contribution < -0.4 is 16.3 Å². The number of benzene rings is 1. The molecule has 0 unspecified atom stereocenters. The van der Waals surface area contributed by atoms with Gasteiger partial charge in [0.1, 0.15) is 18.7 Å². The maximum Gasteiger partial charge on any atom is 0.336 e. The Bertz CT molecular complexity index is 1120. The molecule has 2 heterocycles. The highest BCUT2D eigenvalue weighted by Crippen LogP contribution is 2.19. The molecule has 0 saturated heterocycles. The van der Waals surface area contributed by atoms with E-state index in [4.69, 9.17) is 13.6 Å². The van der Waals surface area contributed by atoms with Crippen molar-refractivity contribution in [1.29, 1.82) is 0 Å². The number of rotatable bonds is 8. The lowest BCUT2D eigenvalue weighted by Crippen LogP contribution is -2.39. The van der Waals surface area contributed by atoms with Gasteiger partial charge in [0.25, 0.3) is 5.91 Å². The molecule has 2 N–H and O–H groups in total. The van der Waals surface area contributed by atoms with Gasteiger partial charge >= 0.3 is 11.6 Å². The zero-order valence-electron chi connectivity index (χ0n) is 16.2. The van der Waals surface area contributed by atoms with Gasteiger partial charge in [-0.25, -0.2) is 4.79 Å². The fourth-order valence-electron chi connectivity index (χ4n) is 2.71. The van der Waals surface area contributed by atoms with Gasteiger partial charge in [-0.2, -0.15) is 0 Å². The molecule has 0 atom stereocenters. The first-order valence-corrected chi connectivity index (χ1v) is 9.26. The van der Waals surface area contributed by atoms with Crippen LogP contribution in [0.1, 0.15) is 28.6 Å². The van der Waals surface area contributed by atoms with E-state index in [1.54, 1.807) is 12.1 Å². The molecule has 156 valence electrons. The van der Waals surface area contributed by atoms with Crippen LogP contribution in [0.2, 0.25) is 0 Å². The minimum absolute atomic E-state index is 0.0767. The number of esters is 1. The Morgan fingerprint density at radius 2 is 1.90 bits per heavy atom. The molecule has 2 amide bonds. The van der Waals surface area contributed by atoms with E-state index < -0.39 is 23.4 Å². The Balaban J connectivity index is 1.49. The molecule has 3 aromatic rings. The fraction of sp³-hybridized carbons (Fsp3) is 0.238. The van der Waals surface area contributed by atoms with Gasteiger partial charge < -0.3 is 24.2 Å². The highest BCUT2D eigenvalue weighted by molar-refractivity contribution is 5.94. The molecule has 0 aliphatic heterocycles. The van der Waals surface area contributed by atoms with Crippen LogP contribution >= 0.6 is 0 Å². The Hall–Kier alpha value is -3.88. The third-order valence-corrected chi connectivity index (χ3v) is 4.28. The quantitative estimate of drug-likeness (QED) is 0.424. The number of hydrogen-bond acceptors (Lipinski definition) is 7. The zero-order valence-corrected chi connectivity index (χ0v) is 16.2. The first kappa shape index (κ1) is 20.8. The molecular formula is C21H20N2O7. The second-order valence-electron chi connectivity index (χ2n) is 6.37. The van der Waals surface area contributed by atoms with Crippen molar-refractivity contribution in [2.45, 2.75) is 20.0 Å². The van der Waals surface area contributed by atoms with Crippen LogP contribution in [0.25, 0.3) is 11.0 Å². The summed E-state index contributed by atoms with van der Waals surface area (Å²) in [5.74, 6) is -1.72. The Morgan fingerprint density at radius 1 is 1.07 bits per heavy atom. The van der Waals surface area contributed by atoms with E-state index in [2.05, 4.69) is 10.6 Å². The average Bonchev–Trinajstić information content (AvgIpc) is 3.28. The normalized spacial score (nSPS) is 10.6. The molecule has 0 radical (unpaired) electrons. The number of carbonyl (C=O) groups is 3. The van der Waals surface area contributed by atoms with Crippen LogP contribution in [0.3, 0.4) is 0 Å². The third kappa shape index (κ3) is 5.34. The van der Waals surface area contributed by atoms with Gasteiger partial charge in [-0.05, 0) is 30.2 Å². The summed E-state index contributed by atoms with van der Waals surface area (Å²) in [6.07, 6.45) is 2.13. The van der Waals surface area contributed by atoms with Crippen LogP contribution in [0, 0.1) is 0 Å². The molecule has 9 nitrogen and oxygen atoms in total. The van der Waals surface area contributed by atoms with Crippen molar-refractivity contribution < 1.29 is 28.0 Å². The van der Waals surface area contributed by atoms with Crippen molar-refractivity contribution in [3.05, 3.63) is 70.0 Å². The summed E-state index contributed by atoms with van der Waals surface area (Å²) in [4.78, 5) is 47.1. The van der Waals surface area contributed by atoms with Gasteiger partial charge in [0.2, 0.25) is 5.91 Å². The summed E-state index contributed by atoms with van der Waals surface area (Å²) < 4.78 is 15.3. The number of hydrogen-bond donors (Lipinski definition) is 2. The Morgan fingerprint density at radius 3 is 2.63 bits per heavy atom. The van der Waals surface area contributed by atoms with E-state index in [0.717, 1.165) is 12.0 Å². The third-order valence-electron chi connectivity index (χ3n) is 4.28. The SMILES string of the molecule is CCc1ccc2c(COC(=O)CNC(=O)CNC(=O)c3ccco3)cc(=O)oc2c1. The second-order valence-corrected chi connectivity index (χ2v) is 6.37. The summed E-state index contributed by atoms with van der Waals surface area (Å²) in [5.41, 5.74) is 1.41. The van der Waals surface area contributed by atoms with Crippen LogP contribution in [0.5, 0.6) is 0 Å². The number of nitrogens with one attached hydrogen (secondary N) is 2. The molecule has 2 aromatic heterocycles. The highest BCUT2D eigenvalue weighted by Gasteiger charge is 2.13. The van der Waals surface area contributed by atoms with Crippen LogP contribution in [-0.4, -0.2) is 30.9 Å². The summed E-state index contributed by atoms with van der Waals surface area (Å²) in [5, 5.41) is 5.37. The molecule has 0 spiro atoms. The molecule has 9 heteroatoms. The van der Waals surface area contributed by atoms with Crippen molar-refractivity contribution in [1.82, 2.24) is 10.6 Å². The molecule has 30 heavy (non-hydrogen) atoms. The monoisotopic (exact) mass is 412 g/mol. The fourth-order valence-corrected chi connectivity index (χ4v) is 2.71. The molecule has 0 fully saturated rings. The molecule has 0 aliphatic carbocycles. The largest absolute Gasteiger partial charge is 0.459 e. The van der Waals surface area contributed by atoms with E-state index >= 15 is 0 Å². The van der Waals surface area contributed by atoms with E-state index in [1.807, 2.05) is 19.1 Å². The summed E-state index contributed by atoms with van der Waals surface area (Å²) in [6.45, 7) is 1.14. The van der Waals surface area contributed by atoms with E-state index in [1.165, 1.54) is 18.4 Å². The van der Waals surface area contributed by atoms with Crippen LogP contribution in [0.15, 0.2) is 56.3 Å². The van der Waals surface area contributed by atoms with Crippen LogP contribution in [0.4, 0.5) is 0 Å². The maximum atomic E-state index is 11.9. The molecule has 3 rings (SSSR count). The Labute approximate surface area is 171 Å². The van der Waals surface area contributed by atoms with E-state index in [0.29, 0.717) is 16.5 Å². The molecule has 0 saturated carbocycles. The van der Waals surface area contributed by atoms with Crippen molar-refractivity contribution in [2.75, 3.05) is 13.1 Å². The van der Waals surface area contributed by atoms with Gasteiger partial charge in [0.15, 0.2) is 5.76 Å². The average molecular weight is 412 g/mol. The standard InChI is InChI=1S/C21H20N2O7/c1-2-13-5-6-15-14(9-19(25)30-17(15)8-13)12-29-20(26)11-22-18(24)10-23-21(27)16-4-3-7-28-16/h3-9H,2,10-12H2,1H3,(H,22,24)(H,23,27). The lowest BCUT2D eigenvalue weighted by atomic mass is 10.1. The van der Waals surface area contributed by atoms with Crippen molar-refractivity contribution in [3.8, 4) is 0 Å². The molecule has 1 aromatic carbocycles. The smallest absolute Gasteiger partial charge is 0.336 e. The predicted octanol–water partition coefficient (Wildman–Crippen LogP) is 1.54. The lowest BCUT2D eigenvalue weighted by molar-refractivity contribution is -0.145. The van der Waals surface area contributed by atoms with Gasteiger partial charge in [0.05, 0.1) is 12.8 Å². The van der Waals surface area contributed by atoms with Crippen molar-refractivity contribution in [3.63, 3.8) is 0 Å². The number of furan rings is 1. The van der Waals surface area contributed by atoms with Gasteiger partial charge in [-0.15, -0.1) is 0 Å². The predicted molar refractivity (Wildman–Crippen MR) is 106 cm³/mol. The lowest BCUT2D eigenvalue weighted by Gasteiger charge is -2.09. The van der Waals surface area contributed by atoms with Crippen molar-refractivity contribution >= 4 is 28.8 Å². The Kier molecular flexibility index (Phi) is 6.63. The maximum absolute atomic E-state index is 11.9. The number of aryl methyl sites for hydroxylation is 1. The highest BCUT2D eigenvalue weighted by atomic mass is 16.5. The minimum Gasteiger partial charge on any atom is -0.459 e. The molecule has 0 bridgehead atoms. The van der Waals surface area contributed by atoms with Crippen molar-refractivity contribution in [2.24, 2.45) is 0 Å². The second kappa shape index (κ2) is 9.55. The first-order chi connectivity index (χ1) is 14.5. The van der Waals surface area contributed by atoms with Gasteiger partial charge in [-0.1, -0.05) is 19.1 Å². The minimum atomic E-state index is -0.688. The zero-order chi connectivity index (χ0) is 21.5. The van der Waals surface area contributed by atoms with Crippen LogP contribution in [-0.2, 0) is 27.4 Å². The summed E-state index contributed by atoms with van der Waals surface area (Å²) in [7, 11) is 0. The number of fused-ring (bicyclic) bond motifs is 1. The summed E-state index contributed by atoms with van der Waals surface area (Å²) in [6, 6.07) is 9.77. The summed E-state index contributed by atoms with van der Waals surface area (Å²) >= 11 is 0.